The standard InChI is InChI=1S/C13H17N5O/c1-8(2)11-12-9(5-6-14-11)18-10(7-16(12)3)15-17(4)13(18)19/h5-6,8H,7H2,1-4H3. The van der Waals surface area contributed by atoms with Crippen LogP contribution in [0.15, 0.2) is 17.1 Å². The molecule has 0 unspecified atom stereocenters. The van der Waals surface area contributed by atoms with Crippen molar-refractivity contribution in [3.63, 3.8) is 0 Å². The summed E-state index contributed by atoms with van der Waals surface area (Å²) in [6.45, 7) is 4.84. The molecule has 0 spiro atoms. The summed E-state index contributed by atoms with van der Waals surface area (Å²) in [6, 6.07) is 1.88. The molecule has 0 saturated carbocycles. The fourth-order valence-electron chi connectivity index (χ4n) is 2.60. The van der Waals surface area contributed by atoms with Crippen molar-refractivity contribution in [2.75, 3.05) is 11.9 Å². The molecule has 2 aromatic heterocycles. The monoisotopic (exact) mass is 259 g/mol. The molecule has 3 heterocycles. The molecule has 0 atom stereocenters. The van der Waals surface area contributed by atoms with E-state index >= 15 is 0 Å². The Hall–Kier alpha value is -2.11. The highest BCUT2D eigenvalue weighted by Crippen LogP contribution is 2.34. The van der Waals surface area contributed by atoms with Crippen molar-refractivity contribution in [2.45, 2.75) is 26.3 Å². The number of rotatable bonds is 1. The summed E-state index contributed by atoms with van der Waals surface area (Å²) in [4.78, 5) is 18.8. The number of aromatic nitrogens is 4. The second kappa shape index (κ2) is 3.94. The van der Waals surface area contributed by atoms with Crippen molar-refractivity contribution in [1.82, 2.24) is 19.3 Å². The summed E-state index contributed by atoms with van der Waals surface area (Å²) < 4.78 is 3.07. The van der Waals surface area contributed by atoms with Gasteiger partial charge in [0.05, 0.1) is 23.6 Å². The van der Waals surface area contributed by atoms with Crippen molar-refractivity contribution in [1.29, 1.82) is 0 Å². The zero-order chi connectivity index (χ0) is 13.7. The molecular weight excluding hydrogens is 242 g/mol. The van der Waals surface area contributed by atoms with E-state index in [0.29, 0.717) is 12.5 Å². The molecule has 3 rings (SSSR count). The van der Waals surface area contributed by atoms with Crippen LogP contribution in [0, 0.1) is 0 Å². The highest BCUT2D eigenvalue weighted by Gasteiger charge is 2.27. The van der Waals surface area contributed by atoms with E-state index in [4.69, 9.17) is 0 Å². The van der Waals surface area contributed by atoms with E-state index in [1.54, 1.807) is 17.8 Å². The third-order valence-corrected chi connectivity index (χ3v) is 3.47. The number of hydrogen-bond donors (Lipinski definition) is 0. The second-order valence-corrected chi connectivity index (χ2v) is 5.23. The van der Waals surface area contributed by atoms with Gasteiger partial charge in [0.1, 0.15) is 0 Å². The molecule has 2 aromatic rings. The maximum absolute atomic E-state index is 12.2. The molecule has 6 nitrogen and oxygen atoms in total. The van der Waals surface area contributed by atoms with E-state index in [1.807, 2.05) is 13.1 Å². The zero-order valence-corrected chi connectivity index (χ0v) is 11.6. The number of aryl methyl sites for hydroxylation is 1. The van der Waals surface area contributed by atoms with Gasteiger partial charge in [0.25, 0.3) is 0 Å². The highest BCUT2D eigenvalue weighted by molar-refractivity contribution is 5.67. The number of nitrogens with zero attached hydrogens (tertiary/aromatic N) is 5. The number of anilines is 1. The summed E-state index contributed by atoms with van der Waals surface area (Å²) in [6.07, 6.45) is 1.76. The van der Waals surface area contributed by atoms with Gasteiger partial charge in [-0.05, 0) is 12.0 Å². The minimum atomic E-state index is -0.106. The van der Waals surface area contributed by atoms with Crippen molar-refractivity contribution in [3.05, 3.63) is 34.3 Å². The molecule has 0 aliphatic carbocycles. The summed E-state index contributed by atoms with van der Waals surface area (Å²) in [5, 5.41) is 4.28. The second-order valence-electron chi connectivity index (χ2n) is 5.23. The molecule has 0 saturated heterocycles. The average molecular weight is 259 g/mol. The molecule has 0 bridgehead atoms. The average Bonchev–Trinajstić information content (AvgIpc) is 2.64. The lowest BCUT2D eigenvalue weighted by atomic mass is 10.0. The van der Waals surface area contributed by atoms with E-state index in [-0.39, 0.29) is 5.69 Å². The van der Waals surface area contributed by atoms with Crippen LogP contribution in [-0.4, -0.2) is 26.4 Å². The van der Waals surface area contributed by atoms with E-state index in [9.17, 15) is 4.79 Å². The Bertz CT molecular complexity index is 698. The predicted octanol–water partition coefficient (Wildman–Crippen LogP) is 1.04. The Morgan fingerprint density at radius 2 is 2.05 bits per heavy atom. The first kappa shape index (κ1) is 12.0. The van der Waals surface area contributed by atoms with Crippen LogP contribution in [0.5, 0.6) is 0 Å². The van der Waals surface area contributed by atoms with Crippen LogP contribution in [-0.2, 0) is 13.6 Å². The molecule has 0 radical (unpaired) electrons. The van der Waals surface area contributed by atoms with Gasteiger partial charge in [-0.25, -0.2) is 14.0 Å². The lowest BCUT2D eigenvalue weighted by Gasteiger charge is -2.29. The Balaban J connectivity index is 2.36. The Labute approximate surface area is 111 Å². The van der Waals surface area contributed by atoms with Crippen LogP contribution in [0.25, 0.3) is 5.69 Å². The molecule has 6 heteroatoms. The minimum absolute atomic E-state index is 0.106. The first-order chi connectivity index (χ1) is 9.00. The predicted molar refractivity (Wildman–Crippen MR) is 72.8 cm³/mol. The first-order valence-corrected chi connectivity index (χ1v) is 6.36. The van der Waals surface area contributed by atoms with Crippen molar-refractivity contribution < 1.29 is 0 Å². The third kappa shape index (κ3) is 1.59. The lowest BCUT2D eigenvalue weighted by molar-refractivity contribution is 0.711. The Kier molecular flexibility index (Phi) is 2.48. The van der Waals surface area contributed by atoms with Crippen LogP contribution in [0.2, 0.25) is 0 Å². The van der Waals surface area contributed by atoms with Crippen LogP contribution in [0.3, 0.4) is 0 Å². The SMILES string of the molecule is CC(C)c1nccc2c1N(C)Cc1nn(C)c(=O)n1-2. The summed E-state index contributed by atoms with van der Waals surface area (Å²) in [5.74, 6) is 1.08. The lowest BCUT2D eigenvalue weighted by Crippen LogP contribution is -2.31. The summed E-state index contributed by atoms with van der Waals surface area (Å²) in [7, 11) is 3.69. The molecule has 0 N–H and O–H groups in total. The van der Waals surface area contributed by atoms with Gasteiger partial charge in [0.15, 0.2) is 5.82 Å². The quantitative estimate of drug-likeness (QED) is 0.768. The molecule has 19 heavy (non-hydrogen) atoms. The van der Waals surface area contributed by atoms with Gasteiger partial charge in [-0.2, -0.15) is 5.10 Å². The van der Waals surface area contributed by atoms with Gasteiger partial charge in [-0.15, -0.1) is 0 Å². The normalized spacial score (nSPS) is 13.6. The molecule has 1 aliphatic heterocycles. The topological polar surface area (TPSA) is 56.0 Å². The fraction of sp³-hybridized carbons (Fsp3) is 0.462. The van der Waals surface area contributed by atoms with Crippen molar-refractivity contribution in [3.8, 4) is 5.69 Å². The Morgan fingerprint density at radius 1 is 1.32 bits per heavy atom. The molecule has 100 valence electrons. The maximum atomic E-state index is 12.2. The minimum Gasteiger partial charge on any atom is -0.364 e. The van der Waals surface area contributed by atoms with Crippen molar-refractivity contribution >= 4 is 5.69 Å². The Morgan fingerprint density at radius 3 is 2.74 bits per heavy atom. The number of fused-ring (bicyclic) bond motifs is 3. The largest absolute Gasteiger partial charge is 0.364 e. The van der Waals surface area contributed by atoms with E-state index in [1.165, 1.54) is 4.68 Å². The van der Waals surface area contributed by atoms with Crippen LogP contribution in [0.1, 0.15) is 31.3 Å². The molecular formula is C13H17N5O. The summed E-state index contributed by atoms with van der Waals surface area (Å²) >= 11 is 0. The zero-order valence-electron chi connectivity index (χ0n) is 11.6. The van der Waals surface area contributed by atoms with Gasteiger partial charge in [-0.1, -0.05) is 13.8 Å². The van der Waals surface area contributed by atoms with E-state index in [2.05, 4.69) is 28.8 Å². The van der Waals surface area contributed by atoms with E-state index < -0.39 is 0 Å². The van der Waals surface area contributed by atoms with Gasteiger partial charge in [0.2, 0.25) is 0 Å². The van der Waals surface area contributed by atoms with Gasteiger partial charge in [-0.3, -0.25) is 4.98 Å². The van der Waals surface area contributed by atoms with Crippen LogP contribution >= 0.6 is 0 Å². The van der Waals surface area contributed by atoms with Gasteiger partial charge in [0, 0.05) is 20.3 Å². The first-order valence-electron chi connectivity index (χ1n) is 6.36. The maximum Gasteiger partial charge on any atom is 0.350 e. The van der Waals surface area contributed by atoms with Gasteiger partial charge >= 0.3 is 5.69 Å². The van der Waals surface area contributed by atoms with Crippen molar-refractivity contribution in [2.24, 2.45) is 7.05 Å². The molecule has 1 aliphatic rings. The smallest absolute Gasteiger partial charge is 0.350 e. The fourth-order valence-corrected chi connectivity index (χ4v) is 2.60. The summed E-state index contributed by atoms with van der Waals surface area (Å²) in [5.41, 5.74) is 2.81. The van der Waals surface area contributed by atoms with Crippen LogP contribution < -0.4 is 10.6 Å². The number of pyridine rings is 1. The molecule has 0 amide bonds. The number of hydrogen-bond acceptors (Lipinski definition) is 4. The molecule has 0 aromatic carbocycles. The van der Waals surface area contributed by atoms with Crippen LogP contribution in [0.4, 0.5) is 5.69 Å². The van der Waals surface area contributed by atoms with E-state index in [0.717, 1.165) is 22.9 Å². The third-order valence-electron chi connectivity index (χ3n) is 3.47. The molecule has 0 fully saturated rings. The highest BCUT2D eigenvalue weighted by atomic mass is 16.2. The van der Waals surface area contributed by atoms with Gasteiger partial charge < -0.3 is 4.90 Å².